The van der Waals surface area contributed by atoms with Crippen LogP contribution in [-0.2, 0) is 11.2 Å². The molecule has 0 spiro atoms. The summed E-state index contributed by atoms with van der Waals surface area (Å²) in [7, 11) is 1.79. The molecule has 1 N–H and O–H groups in total. The van der Waals surface area contributed by atoms with Gasteiger partial charge in [0, 0.05) is 17.6 Å². The first-order valence-corrected chi connectivity index (χ1v) is 8.56. The highest BCUT2D eigenvalue weighted by molar-refractivity contribution is 7.73. The van der Waals surface area contributed by atoms with Crippen molar-refractivity contribution in [3.63, 3.8) is 0 Å². The van der Waals surface area contributed by atoms with Crippen molar-refractivity contribution in [3.8, 4) is 11.5 Å². The van der Waals surface area contributed by atoms with Crippen LogP contribution in [0.1, 0.15) is 10.6 Å². The minimum Gasteiger partial charge on any atom is -0.486 e. The number of aromatic amines is 1. The number of ether oxygens (including phenoxy) is 2. The van der Waals surface area contributed by atoms with E-state index < -0.39 is 0 Å². The van der Waals surface area contributed by atoms with Crippen LogP contribution in [0.15, 0.2) is 24.3 Å². The monoisotopic (exact) mass is 350 g/mol. The number of fused-ring (bicyclic) bond motifs is 1. The fourth-order valence-electron chi connectivity index (χ4n) is 2.44. The van der Waals surface area contributed by atoms with E-state index in [0.717, 1.165) is 22.1 Å². The number of amides is 1. The summed E-state index contributed by atoms with van der Waals surface area (Å²) in [6, 6.07) is 7.57. The van der Waals surface area contributed by atoms with E-state index in [-0.39, 0.29) is 12.0 Å². The summed E-state index contributed by atoms with van der Waals surface area (Å²) in [5.41, 5.74) is 0.966. The Hall–Kier alpha value is -1.86. The number of aromatic nitrogens is 1. The highest BCUT2D eigenvalue weighted by atomic mass is 32.1. The molecule has 3 rings (SSSR count). The number of hydrogen-bond acceptors (Lipinski definition) is 5. The third-order valence-corrected chi connectivity index (χ3v) is 5.04. The fourth-order valence-corrected chi connectivity index (χ4v) is 3.72. The minimum atomic E-state index is -0.163. The molecule has 23 heavy (non-hydrogen) atoms. The van der Waals surface area contributed by atoms with Crippen molar-refractivity contribution < 1.29 is 14.3 Å². The molecule has 122 valence electrons. The van der Waals surface area contributed by atoms with E-state index in [2.05, 4.69) is 4.98 Å². The van der Waals surface area contributed by atoms with Gasteiger partial charge in [0.25, 0.3) is 0 Å². The van der Waals surface area contributed by atoms with Crippen LogP contribution in [0.25, 0.3) is 0 Å². The normalized spacial score (nSPS) is 16.2. The number of thiazole rings is 1. The molecule has 1 aromatic carbocycles. The molecule has 0 radical (unpaired) electrons. The average Bonchev–Trinajstić information content (AvgIpc) is 2.84. The van der Waals surface area contributed by atoms with Gasteiger partial charge in [0.05, 0.1) is 13.0 Å². The van der Waals surface area contributed by atoms with Gasteiger partial charge in [-0.1, -0.05) is 12.1 Å². The van der Waals surface area contributed by atoms with Gasteiger partial charge in [-0.3, -0.25) is 4.79 Å². The lowest BCUT2D eigenvalue weighted by Gasteiger charge is -2.29. The van der Waals surface area contributed by atoms with Gasteiger partial charge in [0.2, 0.25) is 5.91 Å². The highest BCUT2D eigenvalue weighted by Crippen LogP contribution is 2.31. The molecule has 1 amide bonds. The number of carbonyl (C=O) groups is 1. The molecule has 2 heterocycles. The highest BCUT2D eigenvalue weighted by Gasteiger charge is 2.24. The Bertz CT molecular complexity index is 769. The lowest BCUT2D eigenvalue weighted by molar-refractivity contribution is -0.130. The standard InChI is InChI=1S/C16H18N2O3S2/c1-10-14(23-16(22)17-10)7-15(19)18(2)8-11-9-20-12-5-3-4-6-13(12)21-11/h3-6,11H,7-9H2,1-2H3,(H,17,22). The number of nitrogens with zero attached hydrogens (tertiary/aromatic N) is 1. The van der Waals surface area contributed by atoms with Gasteiger partial charge in [-0.05, 0) is 31.3 Å². The Balaban J connectivity index is 1.59. The summed E-state index contributed by atoms with van der Waals surface area (Å²) in [6.45, 7) is 2.86. The SMILES string of the molecule is Cc1[nH]c(=S)sc1CC(=O)N(C)CC1COc2ccccc2O1. The lowest BCUT2D eigenvalue weighted by atomic mass is 10.2. The Morgan fingerprint density at radius 2 is 2.17 bits per heavy atom. The van der Waals surface area contributed by atoms with Crippen LogP contribution >= 0.6 is 23.6 Å². The second kappa shape index (κ2) is 6.72. The predicted molar refractivity (Wildman–Crippen MR) is 91.9 cm³/mol. The third-order valence-electron chi connectivity index (χ3n) is 3.71. The van der Waals surface area contributed by atoms with Gasteiger partial charge in [0.15, 0.2) is 21.6 Å². The largest absolute Gasteiger partial charge is 0.486 e. The first-order valence-electron chi connectivity index (χ1n) is 7.34. The second-order valence-corrected chi connectivity index (χ2v) is 7.28. The number of likely N-dealkylation sites (N-methyl/N-ethyl adjacent to an activating group) is 1. The number of aryl methyl sites for hydroxylation is 1. The van der Waals surface area contributed by atoms with Crippen molar-refractivity contribution in [1.82, 2.24) is 9.88 Å². The van der Waals surface area contributed by atoms with Gasteiger partial charge in [-0.2, -0.15) is 0 Å². The zero-order chi connectivity index (χ0) is 16.4. The Labute approximate surface area is 143 Å². The van der Waals surface area contributed by atoms with Gasteiger partial charge >= 0.3 is 0 Å². The maximum absolute atomic E-state index is 12.4. The first-order chi connectivity index (χ1) is 11.0. The van der Waals surface area contributed by atoms with E-state index in [4.69, 9.17) is 21.7 Å². The number of carbonyl (C=O) groups excluding carboxylic acids is 1. The van der Waals surface area contributed by atoms with E-state index in [9.17, 15) is 4.79 Å². The van der Waals surface area contributed by atoms with Gasteiger partial charge in [-0.25, -0.2) is 0 Å². The summed E-state index contributed by atoms with van der Waals surface area (Å²) in [6.07, 6.45) is 0.189. The molecule has 1 atom stereocenters. The number of rotatable bonds is 4. The van der Waals surface area contributed by atoms with Gasteiger partial charge < -0.3 is 19.4 Å². The van der Waals surface area contributed by atoms with E-state index >= 15 is 0 Å². The van der Waals surface area contributed by atoms with Crippen molar-refractivity contribution in [3.05, 3.63) is 38.8 Å². The number of nitrogens with one attached hydrogen (secondary N) is 1. The summed E-state index contributed by atoms with van der Waals surface area (Å²) in [4.78, 5) is 18.1. The lowest BCUT2D eigenvalue weighted by Crippen LogP contribution is -2.42. The van der Waals surface area contributed by atoms with Crippen LogP contribution in [0, 0.1) is 10.9 Å². The third kappa shape index (κ3) is 3.73. The maximum Gasteiger partial charge on any atom is 0.227 e. The molecule has 0 saturated carbocycles. The van der Waals surface area contributed by atoms with Crippen LogP contribution in [0.5, 0.6) is 11.5 Å². The maximum atomic E-state index is 12.4. The molecular formula is C16H18N2O3S2. The Morgan fingerprint density at radius 1 is 1.43 bits per heavy atom. The number of H-pyrrole nitrogens is 1. The van der Waals surface area contributed by atoms with Crippen molar-refractivity contribution in [1.29, 1.82) is 0 Å². The Morgan fingerprint density at radius 3 is 2.87 bits per heavy atom. The van der Waals surface area contributed by atoms with Crippen LogP contribution < -0.4 is 9.47 Å². The molecule has 0 fully saturated rings. The second-order valence-electron chi connectivity index (χ2n) is 5.51. The smallest absolute Gasteiger partial charge is 0.227 e. The van der Waals surface area contributed by atoms with E-state index in [1.807, 2.05) is 31.2 Å². The molecule has 0 bridgehead atoms. The molecule has 1 aliphatic rings. The molecule has 0 saturated heterocycles. The zero-order valence-electron chi connectivity index (χ0n) is 13.0. The average molecular weight is 350 g/mol. The van der Waals surface area contributed by atoms with Crippen LogP contribution in [0.4, 0.5) is 0 Å². The van der Waals surface area contributed by atoms with Gasteiger partial charge in [-0.15, -0.1) is 11.3 Å². The predicted octanol–water partition coefficient (Wildman–Crippen LogP) is 2.96. The summed E-state index contributed by atoms with van der Waals surface area (Å²) >= 11 is 6.56. The van der Waals surface area contributed by atoms with Crippen LogP contribution in [0.2, 0.25) is 0 Å². The van der Waals surface area contributed by atoms with E-state index in [1.165, 1.54) is 11.3 Å². The summed E-state index contributed by atoms with van der Waals surface area (Å²) in [5.74, 6) is 1.52. The summed E-state index contributed by atoms with van der Waals surface area (Å²) in [5, 5.41) is 0. The number of benzene rings is 1. The molecule has 5 nitrogen and oxygen atoms in total. The zero-order valence-corrected chi connectivity index (χ0v) is 14.6. The topological polar surface area (TPSA) is 54.6 Å². The minimum absolute atomic E-state index is 0.0424. The first kappa shape index (κ1) is 16.0. The van der Waals surface area contributed by atoms with Crippen LogP contribution in [-0.4, -0.2) is 42.1 Å². The van der Waals surface area contributed by atoms with E-state index in [1.54, 1.807) is 11.9 Å². The Kier molecular flexibility index (Phi) is 4.68. The van der Waals surface area contributed by atoms with Crippen LogP contribution in [0.3, 0.4) is 0 Å². The van der Waals surface area contributed by atoms with E-state index in [0.29, 0.717) is 23.5 Å². The molecule has 0 aliphatic carbocycles. The number of para-hydroxylation sites is 2. The molecular weight excluding hydrogens is 332 g/mol. The van der Waals surface area contributed by atoms with Gasteiger partial charge in [0.1, 0.15) is 6.61 Å². The molecule has 7 heteroatoms. The molecule has 1 aliphatic heterocycles. The van der Waals surface area contributed by atoms with Crippen molar-refractivity contribution in [2.24, 2.45) is 0 Å². The molecule has 1 unspecified atom stereocenters. The summed E-state index contributed by atoms with van der Waals surface area (Å²) < 4.78 is 12.3. The quantitative estimate of drug-likeness (QED) is 0.862. The fraction of sp³-hybridized carbons (Fsp3) is 0.375. The van der Waals surface area contributed by atoms with Crippen molar-refractivity contribution in [2.45, 2.75) is 19.4 Å². The number of hydrogen-bond donors (Lipinski definition) is 1. The molecule has 2 aromatic rings. The van der Waals surface area contributed by atoms with Crippen molar-refractivity contribution in [2.75, 3.05) is 20.2 Å². The van der Waals surface area contributed by atoms with Crippen molar-refractivity contribution >= 4 is 29.5 Å². The molecule has 1 aromatic heterocycles.